The second-order valence-electron chi connectivity index (χ2n) is 5.35. The SMILES string of the molecule is C=CCNC(=O)c1ccc(N(C)C[C@@H](O)c2ccc(F)cc2)nc1. The van der Waals surface area contributed by atoms with Gasteiger partial charge in [0, 0.05) is 26.3 Å². The molecule has 5 nitrogen and oxygen atoms in total. The van der Waals surface area contributed by atoms with Gasteiger partial charge in [-0.2, -0.15) is 0 Å². The minimum Gasteiger partial charge on any atom is -0.387 e. The summed E-state index contributed by atoms with van der Waals surface area (Å²) in [6, 6.07) is 9.10. The number of aliphatic hydroxyl groups excluding tert-OH is 1. The Kier molecular flexibility index (Phi) is 6.03. The van der Waals surface area contributed by atoms with Gasteiger partial charge in [0.15, 0.2) is 0 Å². The molecule has 0 aliphatic heterocycles. The number of nitrogens with zero attached hydrogens (tertiary/aromatic N) is 2. The van der Waals surface area contributed by atoms with Crippen LogP contribution in [0, 0.1) is 5.82 Å². The first-order chi connectivity index (χ1) is 11.5. The quantitative estimate of drug-likeness (QED) is 0.765. The number of pyridine rings is 1. The van der Waals surface area contributed by atoms with Crippen LogP contribution in [-0.4, -0.2) is 36.1 Å². The third kappa shape index (κ3) is 4.63. The minimum atomic E-state index is -0.770. The van der Waals surface area contributed by atoms with Crippen molar-refractivity contribution in [3.8, 4) is 0 Å². The number of carbonyl (C=O) groups is 1. The maximum atomic E-state index is 12.9. The number of anilines is 1. The van der Waals surface area contributed by atoms with Crippen molar-refractivity contribution in [3.05, 3.63) is 72.2 Å². The molecule has 0 aliphatic rings. The zero-order valence-corrected chi connectivity index (χ0v) is 13.4. The standard InChI is InChI=1S/C18H20FN3O2/c1-3-10-20-18(24)14-6-9-17(21-11-14)22(2)12-16(23)13-4-7-15(19)8-5-13/h3-9,11,16,23H,1,10,12H2,2H3,(H,20,24)/t16-/m1/s1. The van der Waals surface area contributed by atoms with E-state index in [1.165, 1.54) is 18.3 Å². The number of likely N-dealkylation sites (N-methyl/N-ethyl adjacent to an activating group) is 1. The Balaban J connectivity index is 1.99. The Morgan fingerprint density at radius 1 is 1.38 bits per heavy atom. The largest absolute Gasteiger partial charge is 0.387 e. The van der Waals surface area contributed by atoms with E-state index in [0.29, 0.717) is 30.0 Å². The summed E-state index contributed by atoms with van der Waals surface area (Å²) in [6.45, 7) is 4.22. The van der Waals surface area contributed by atoms with Gasteiger partial charge in [0.2, 0.25) is 0 Å². The van der Waals surface area contributed by atoms with Crippen LogP contribution in [0.3, 0.4) is 0 Å². The molecular formula is C18H20FN3O2. The van der Waals surface area contributed by atoms with Crippen LogP contribution < -0.4 is 10.2 Å². The van der Waals surface area contributed by atoms with Crippen LogP contribution in [0.25, 0.3) is 0 Å². The van der Waals surface area contributed by atoms with Gasteiger partial charge in [-0.15, -0.1) is 6.58 Å². The van der Waals surface area contributed by atoms with Crippen molar-refractivity contribution >= 4 is 11.7 Å². The molecule has 1 heterocycles. The van der Waals surface area contributed by atoms with Crippen molar-refractivity contribution in [2.24, 2.45) is 0 Å². The first-order valence-electron chi connectivity index (χ1n) is 7.51. The van der Waals surface area contributed by atoms with E-state index in [1.807, 2.05) is 0 Å². The number of nitrogens with one attached hydrogen (secondary N) is 1. The normalized spacial score (nSPS) is 11.6. The molecule has 24 heavy (non-hydrogen) atoms. The average Bonchev–Trinajstić information content (AvgIpc) is 2.60. The molecule has 1 aromatic carbocycles. The predicted molar refractivity (Wildman–Crippen MR) is 91.4 cm³/mol. The van der Waals surface area contributed by atoms with Crippen LogP contribution >= 0.6 is 0 Å². The van der Waals surface area contributed by atoms with Gasteiger partial charge in [0.05, 0.1) is 11.7 Å². The van der Waals surface area contributed by atoms with E-state index in [0.717, 1.165) is 0 Å². The molecule has 1 aromatic heterocycles. The van der Waals surface area contributed by atoms with E-state index in [1.54, 1.807) is 42.3 Å². The summed E-state index contributed by atoms with van der Waals surface area (Å²) in [4.78, 5) is 17.8. The van der Waals surface area contributed by atoms with E-state index < -0.39 is 6.10 Å². The third-order valence-electron chi connectivity index (χ3n) is 3.51. The fourth-order valence-corrected chi connectivity index (χ4v) is 2.16. The second-order valence-corrected chi connectivity index (χ2v) is 5.35. The summed E-state index contributed by atoms with van der Waals surface area (Å²) in [7, 11) is 1.78. The van der Waals surface area contributed by atoms with Gasteiger partial charge in [-0.05, 0) is 29.8 Å². The smallest absolute Gasteiger partial charge is 0.253 e. The number of rotatable bonds is 7. The summed E-state index contributed by atoms with van der Waals surface area (Å²) >= 11 is 0. The highest BCUT2D eigenvalue weighted by Crippen LogP contribution is 2.17. The Morgan fingerprint density at radius 3 is 2.67 bits per heavy atom. The highest BCUT2D eigenvalue weighted by atomic mass is 19.1. The lowest BCUT2D eigenvalue weighted by Gasteiger charge is -2.22. The van der Waals surface area contributed by atoms with Crippen LogP contribution in [0.15, 0.2) is 55.3 Å². The molecule has 1 amide bonds. The summed E-state index contributed by atoms with van der Waals surface area (Å²) in [5.41, 5.74) is 1.08. The van der Waals surface area contributed by atoms with Crippen LogP contribution in [0.1, 0.15) is 22.0 Å². The van der Waals surface area contributed by atoms with E-state index in [-0.39, 0.29) is 11.7 Å². The molecule has 2 rings (SSSR count). The minimum absolute atomic E-state index is 0.219. The van der Waals surface area contributed by atoms with Crippen LogP contribution in [-0.2, 0) is 0 Å². The fourth-order valence-electron chi connectivity index (χ4n) is 2.16. The number of halogens is 1. The van der Waals surface area contributed by atoms with Crippen molar-refractivity contribution in [3.63, 3.8) is 0 Å². The molecule has 2 N–H and O–H groups in total. The summed E-state index contributed by atoms with van der Waals surface area (Å²) < 4.78 is 12.9. The molecule has 126 valence electrons. The molecule has 0 spiro atoms. The number of amides is 1. The van der Waals surface area contributed by atoms with E-state index >= 15 is 0 Å². The van der Waals surface area contributed by atoms with Crippen molar-refractivity contribution in [1.82, 2.24) is 10.3 Å². The lowest BCUT2D eigenvalue weighted by atomic mass is 10.1. The molecule has 0 fully saturated rings. The van der Waals surface area contributed by atoms with Crippen LogP contribution in [0.5, 0.6) is 0 Å². The lowest BCUT2D eigenvalue weighted by Crippen LogP contribution is -2.26. The molecule has 2 aromatic rings. The zero-order valence-electron chi connectivity index (χ0n) is 13.4. The zero-order chi connectivity index (χ0) is 17.5. The van der Waals surface area contributed by atoms with Gasteiger partial charge in [-0.25, -0.2) is 9.37 Å². The Morgan fingerprint density at radius 2 is 2.08 bits per heavy atom. The molecular weight excluding hydrogens is 309 g/mol. The van der Waals surface area contributed by atoms with Gasteiger partial charge in [0.1, 0.15) is 11.6 Å². The van der Waals surface area contributed by atoms with Crippen molar-refractivity contribution in [2.45, 2.75) is 6.10 Å². The van der Waals surface area contributed by atoms with Gasteiger partial charge in [0.25, 0.3) is 5.91 Å². The van der Waals surface area contributed by atoms with Crippen molar-refractivity contribution in [1.29, 1.82) is 0 Å². The van der Waals surface area contributed by atoms with Crippen LogP contribution in [0.2, 0.25) is 0 Å². The van der Waals surface area contributed by atoms with E-state index in [9.17, 15) is 14.3 Å². The molecule has 0 aliphatic carbocycles. The number of carbonyl (C=O) groups excluding carboxylic acids is 1. The summed E-state index contributed by atoms with van der Waals surface area (Å²) in [6.07, 6.45) is 2.31. The van der Waals surface area contributed by atoms with E-state index in [4.69, 9.17) is 0 Å². The number of hydrogen-bond donors (Lipinski definition) is 2. The maximum Gasteiger partial charge on any atom is 0.253 e. The lowest BCUT2D eigenvalue weighted by molar-refractivity contribution is 0.0957. The van der Waals surface area contributed by atoms with Gasteiger partial charge in [-0.3, -0.25) is 4.79 Å². The van der Waals surface area contributed by atoms with Gasteiger partial charge >= 0.3 is 0 Å². The Hall–Kier alpha value is -2.73. The highest BCUT2D eigenvalue weighted by Gasteiger charge is 2.13. The first-order valence-corrected chi connectivity index (χ1v) is 7.51. The predicted octanol–water partition coefficient (Wildman–Crippen LogP) is 2.31. The maximum absolute atomic E-state index is 12.9. The number of hydrogen-bond acceptors (Lipinski definition) is 4. The van der Waals surface area contributed by atoms with Crippen molar-refractivity contribution in [2.75, 3.05) is 25.0 Å². The molecule has 0 bridgehead atoms. The van der Waals surface area contributed by atoms with Crippen LogP contribution in [0.4, 0.5) is 10.2 Å². The summed E-state index contributed by atoms with van der Waals surface area (Å²) in [5, 5.41) is 12.9. The molecule has 0 saturated heterocycles. The monoisotopic (exact) mass is 329 g/mol. The number of benzene rings is 1. The molecule has 0 saturated carbocycles. The number of aromatic nitrogens is 1. The fraction of sp³-hybridized carbons (Fsp3) is 0.222. The van der Waals surface area contributed by atoms with E-state index in [2.05, 4.69) is 16.9 Å². The molecule has 0 unspecified atom stereocenters. The molecule has 1 atom stereocenters. The Labute approximate surface area is 140 Å². The van der Waals surface area contributed by atoms with Gasteiger partial charge < -0.3 is 15.3 Å². The number of aliphatic hydroxyl groups is 1. The molecule has 0 radical (unpaired) electrons. The van der Waals surface area contributed by atoms with Gasteiger partial charge in [-0.1, -0.05) is 18.2 Å². The van der Waals surface area contributed by atoms with Crippen molar-refractivity contribution < 1.29 is 14.3 Å². The molecule has 6 heteroatoms. The Bertz CT molecular complexity index is 686. The summed E-state index contributed by atoms with van der Waals surface area (Å²) in [5.74, 6) is 0.0608. The highest BCUT2D eigenvalue weighted by molar-refractivity contribution is 5.94. The average molecular weight is 329 g/mol. The first kappa shape index (κ1) is 17.6. The topological polar surface area (TPSA) is 65.5 Å². The second kappa shape index (κ2) is 8.21. The third-order valence-corrected chi connectivity index (χ3v) is 3.51.